The van der Waals surface area contributed by atoms with E-state index in [4.69, 9.17) is 10.5 Å². The lowest BCUT2D eigenvalue weighted by molar-refractivity contribution is -0.143. The molecule has 7 heteroatoms. The predicted octanol–water partition coefficient (Wildman–Crippen LogP) is 1.19. The summed E-state index contributed by atoms with van der Waals surface area (Å²) >= 11 is 3.36. The maximum absolute atomic E-state index is 12.9. The third-order valence-corrected chi connectivity index (χ3v) is 4.09. The Labute approximate surface area is 145 Å². The second-order valence-electron chi connectivity index (χ2n) is 5.72. The van der Waals surface area contributed by atoms with E-state index in [1.165, 1.54) is 9.80 Å². The molecule has 1 unspecified atom stereocenters. The summed E-state index contributed by atoms with van der Waals surface area (Å²) in [6, 6.07) is 7.25. The van der Waals surface area contributed by atoms with Gasteiger partial charge < -0.3 is 20.3 Å². The van der Waals surface area contributed by atoms with Gasteiger partial charge in [-0.3, -0.25) is 9.59 Å². The van der Waals surface area contributed by atoms with E-state index in [0.29, 0.717) is 18.7 Å². The number of halogens is 1. The Bertz CT molecular complexity index is 544. The predicted molar refractivity (Wildman–Crippen MR) is 92.8 cm³/mol. The van der Waals surface area contributed by atoms with Crippen LogP contribution in [0.3, 0.4) is 0 Å². The fourth-order valence-electron chi connectivity index (χ4n) is 2.01. The highest BCUT2D eigenvalue weighted by Crippen LogP contribution is 2.22. The van der Waals surface area contributed by atoms with Gasteiger partial charge in [0.2, 0.25) is 11.8 Å². The SMILES string of the molecule is COCCN(CC(=O)N(C)C)C(=O)C(C)(N)c1ccc(Br)cc1. The minimum absolute atomic E-state index is 0.0293. The number of hydrogen-bond donors (Lipinski definition) is 1. The highest BCUT2D eigenvalue weighted by Gasteiger charge is 2.35. The highest BCUT2D eigenvalue weighted by atomic mass is 79.9. The molecule has 0 saturated carbocycles. The normalized spacial score (nSPS) is 13.3. The lowest BCUT2D eigenvalue weighted by atomic mass is 9.91. The molecule has 1 aromatic carbocycles. The number of ether oxygens (including phenoxy) is 1. The summed E-state index contributed by atoms with van der Waals surface area (Å²) in [6.07, 6.45) is 0. The van der Waals surface area contributed by atoms with Crippen LogP contribution in [-0.4, -0.2) is 62.5 Å². The first-order valence-corrected chi connectivity index (χ1v) is 8.02. The van der Waals surface area contributed by atoms with Gasteiger partial charge in [-0.2, -0.15) is 0 Å². The van der Waals surface area contributed by atoms with Crippen LogP contribution in [0.4, 0.5) is 0 Å². The monoisotopic (exact) mass is 385 g/mol. The molecule has 0 aliphatic heterocycles. The van der Waals surface area contributed by atoms with Crippen molar-refractivity contribution in [3.05, 3.63) is 34.3 Å². The molecule has 0 radical (unpaired) electrons. The van der Waals surface area contributed by atoms with Gasteiger partial charge in [-0.05, 0) is 24.6 Å². The van der Waals surface area contributed by atoms with Gasteiger partial charge in [-0.15, -0.1) is 0 Å². The minimum atomic E-state index is -1.22. The first-order chi connectivity index (χ1) is 10.7. The standard InChI is InChI=1S/C16H24BrN3O3/c1-16(18,12-5-7-13(17)8-6-12)15(22)20(9-10-23-4)11-14(21)19(2)3/h5-8H,9-11,18H2,1-4H3. The number of carbonyl (C=O) groups excluding carboxylic acids is 2. The van der Waals surface area contributed by atoms with Crippen molar-refractivity contribution in [1.82, 2.24) is 9.80 Å². The second kappa shape index (κ2) is 8.42. The third-order valence-electron chi connectivity index (χ3n) is 3.57. The van der Waals surface area contributed by atoms with Crippen LogP contribution in [-0.2, 0) is 19.9 Å². The molecule has 0 bridgehead atoms. The van der Waals surface area contributed by atoms with Crippen LogP contribution >= 0.6 is 15.9 Å². The number of methoxy groups -OCH3 is 1. The lowest BCUT2D eigenvalue weighted by Gasteiger charge is -2.32. The van der Waals surface area contributed by atoms with E-state index < -0.39 is 5.54 Å². The van der Waals surface area contributed by atoms with Gasteiger partial charge in [0, 0.05) is 32.2 Å². The van der Waals surface area contributed by atoms with Gasteiger partial charge in [-0.1, -0.05) is 28.1 Å². The smallest absolute Gasteiger partial charge is 0.247 e. The van der Waals surface area contributed by atoms with E-state index >= 15 is 0 Å². The molecular weight excluding hydrogens is 362 g/mol. The summed E-state index contributed by atoms with van der Waals surface area (Å²) in [5.74, 6) is -0.479. The van der Waals surface area contributed by atoms with Gasteiger partial charge in [0.1, 0.15) is 5.54 Å². The van der Waals surface area contributed by atoms with E-state index in [9.17, 15) is 9.59 Å². The van der Waals surface area contributed by atoms with Crippen LogP contribution < -0.4 is 5.73 Å². The number of hydrogen-bond acceptors (Lipinski definition) is 4. The Kier molecular flexibility index (Phi) is 7.18. The quantitative estimate of drug-likeness (QED) is 0.764. The first-order valence-electron chi connectivity index (χ1n) is 7.23. The van der Waals surface area contributed by atoms with Crippen LogP contribution in [0.25, 0.3) is 0 Å². The Hall–Kier alpha value is -1.44. The zero-order valence-corrected chi connectivity index (χ0v) is 15.6. The molecular formula is C16H24BrN3O3. The fraction of sp³-hybridized carbons (Fsp3) is 0.500. The van der Waals surface area contributed by atoms with Crippen molar-refractivity contribution < 1.29 is 14.3 Å². The van der Waals surface area contributed by atoms with Crippen molar-refractivity contribution in [2.24, 2.45) is 5.73 Å². The van der Waals surface area contributed by atoms with Crippen LogP contribution in [0.15, 0.2) is 28.7 Å². The summed E-state index contributed by atoms with van der Waals surface area (Å²) in [4.78, 5) is 27.7. The topological polar surface area (TPSA) is 75.9 Å². The Morgan fingerprint density at radius 1 is 1.26 bits per heavy atom. The van der Waals surface area contributed by atoms with E-state index in [1.54, 1.807) is 40.3 Å². The third kappa shape index (κ3) is 5.30. The molecule has 0 aromatic heterocycles. The summed E-state index contributed by atoms with van der Waals surface area (Å²) in [5.41, 5.74) is 5.75. The molecule has 0 fully saturated rings. The maximum Gasteiger partial charge on any atom is 0.247 e. The van der Waals surface area contributed by atoms with Crippen molar-refractivity contribution in [3.63, 3.8) is 0 Å². The fourth-order valence-corrected chi connectivity index (χ4v) is 2.27. The summed E-state index contributed by atoms with van der Waals surface area (Å²) < 4.78 is 5.94. The van der Waals surface area contributed by atoms with E-state index in [0.717, 1.165) is 4.47 Å². The zero-order valence-electron chi connectivity index (χ0n) is 14.0. The number of carbonyl (C=O) groups is 2. The molecule has 2 amide bonds. The van der Waals surface area contributed by atoms with Crippen LogP contribution in [0.1, 0.15) is 12.5 Å². The molecule has 1 atom stereocenters. The van der Waals surface area contributed by atoms with Crippen molar-refractivity contribution in [2.75, 3.05) is 40.9 Å². The molecule has 0 aliphatic rings. The molecule has 2 N–H and O–H groups in total. The number of nitrogens with two attached hydrogens (primary N) is 1. The minimum Gasteiger partial charge on any atom is -0.383 e. The van der Waals surface area contributed by atoms with Crippen molar-refractivity contribution >= 4 is 27.7 Å². The van der Waals surface area contributed by atoms with Gasteiger partial charge >= 0.3 is 0 Å². The average molecular weight is 386 g/mol. The molecule has 0 spiro atoms. The van der Waals surface area contributed by atoms with Crippen molar-refractivity contribution in [1.29, 1.82) is 0 Å². The van der Waals surface area contributed by atoms with Crippen LogP contribution in [0, 0.1) is 0 Å². The molecule has 0 saturated heterocycles. The molecule has 1 rings (SSSR count). The van der Waals surface area contributed by atoms with Gasteiger partial charge in [0.05, 0.1) is 13.2 Å². The van der Waals surface area contributed by atoms with Gasteiger partial charge in [-0.25, -0.2) is 0 Å². The first kappa shape index (κ1) is 19.6. The average Bonchev–Trinajstić information content (AvgIpc) is 2.50. The van der Waals surface area contributed by atoms with Gasteiger partial charge in [0.25, 0.3) is 0 Å². The summed E-state index contributed by atoms with van der Waals surface area (Å²) in [5, 5.41) is 0. The Morgan fingerprint density at radius 2 is 1.83 bits per heavy atom. The lowest BCUT2D eigenvalue weighted by Crippen LogP contribution is -2.53. The number of likely N-dealkylation sites (N-methyl/N-ethyl adjacent to an activating group) is 1. The molecule has 1 aromatic rings. The van der Waals surface area contributed by atoms with Gasteiger partial charge in [0.15, 0.2) is 0 Å². The van der Waals surface area contributed by atoms with E-state index in [1.807, 2.05) is 12.1 Å². The van der Waals surface area contributed by atoms with Crippen molar-refractivity contribution in [2.45, 2.75) is 12.5 Å². The molecule has 0 heterocycles. The van der Waals surface area contributed by atoms with Crippen LogP contribution in [0.5, 0.6) is 0 Å². The number of benzene rings is 1. The second-order valence-corrected chi connectivity index (χ2v) is 6.63. The number of nitrogens with zero attached hydrogens (tertiary/aromatic N) is 2. The maximum atomic E-state index is 12.9. The molecule has 0 aliphatic carbocycles. The van der Waals surface area contributed by atoms with E-state index in [-0.39, 0.29) is 18.4 Å². The summed E-state index contributed by atoms with van der Waals surface area (Å²) in [6.45, 7) is 2.26. The molecule has 23 heavy (non-hydrogen) atoms. The Morgan fingerprint density at radius 3 is 2.30 bits per heavy atom. The molecule has 128 valence electrons. The number of rotatable bonds is 7. The van der Waals surface area contributed by atoms with E-state index in [2.05, 4.69) is 15.9 Å². The molecule has 6 nitrogen and oxygen atoms in total. The largest absolute Gasteiger partial charge is 0.383 e. The number of amides is 2. The Balaban J connectivity index is 3.01. The zero-order chi connectivity index (χ0) is 17.6. The highest BCUT2D eigenvalue weighted by molar-refractivity contribution is 9.10. The van der Waals surface area contributed by atoms with Crippen molar-refractivity contribution in [3.8, 4) is 0 Å². The van der Waals surface area contributed by atoms with Crippen LogP contribution in [0.2, 0.25) is 0 Å². The summed E-state index contributed by atoms with van der Waals surface area (Å²) in [7, 11) is 4.85.